The SMILES string of the molecule is Cc1cc(C)c(CNC(=O)C(C)n2cncn2)c(=O)[nH]1. The smallest absolute Gasteiger partial charge is 0.253 e. The minimum atomic E-state index is -0.470. The predicted octanol–water partition coefficient (Wildman–Crippen LogP) is 0.461. The van der Waals surface area contributed by atoms with Crippen molar-refractivity contribution in [2.24, 2.45) is 0 Å². The second kappa shape index (κ2) is 5.68. The van der Waals surface area contributed by atoms with Crippen LogP contribution in [0, 0.1) is 13.8 Å². The molecule has 0 saturated heterocycles. The summed E-state index contributed by atoms with van der Waals surface area (Å²) in [6, 6.07) is 1.41. The minimum Gasteiger partial charge on any atom is -0.350 e. The first-order valence-electron chi connectivity index (χ1n) is 6.30. The molecule has 2 aromatic heterocycles. The van der Waals surface area contributed by atoms with Crippen LogP contribution in [0.15, 0.2) is 23.5 Å². The molecule has 106 valence electrons. The number of aromatic nitrogens is 4. The normalized spacial score (nSPS) is 12.2. The summed E-state index contributed by atoms with van der Waals surface area (Å²) in [6.07, 6.45) is 2.85. The van der Waals surface area contributed by atoms with E-state index in [1.165, 1.54) is 17.3 Å². The van der Waals surface area contributed by atoms with Gasteiger partial charge in [0.25, 0.3) is 5.56 Å². The second-order valence-electron chi connectivity index (χ2n) is 4.71. The Bertz CT molecular complexity index is 660. The van der Waals surface area contributed by atoms with Gasteiger partial charge in [-0.25, -0.2) is 9.67 Å². The lowest BCUT2D eigenvalue weighted by Gasteiger charge is -2.13. The summed E-state index contributed by atoms with van der Waals surface area (Å²) in [4.78, 5) is 30.4. The quantitative estimate of drug-likeness (QED) is 0.847. The number of aromatic amines is 1. The van der Waals surface area contributed by atoms with Gasteiger partial charge in [0.2, 0.25) is 5.91 Å². The van der Waals surface area contributed by atoms with E-state index in [0.717, 1.165) is 11.3 Å². The fourth-order valence-corrected chi connectivity index (χ4v) is 1.96. The highest BCUT2D eigenvalue weighted by molar-refractivity contribution is 5.79. The molecule has 1 unspecified atom stereocenters. The molecule has 2 heterocycles. The van der Waals surface area contributed by atoms with E-state index < -0.39 is 6.04 Å². The monoisotopic (exact) mass is 275 g/mol. The maximum absolute atomic E-state index is 12.0. The number of nitrogens with zero attached hydrogens (tertiary/aromatic N) is 3. The molecule has 0 fully saturated rings. The molecule has 1 amide bonds. The first kappa shape index (κ1) is 14.0. The lowest BCUT2D eigenvalue weighted by Crippen LogP contribution is -2.33. The van der Waals surface area contributed by atoms with Crippen molar-refractivity contribution in [1.29, 1.82) is 0 Å². The molecule has 0 bridgehead atoms. The van der Waals surface area contributed by atoms with Crippen molar-refractivity contribution >= 4 is 5.91 Å². The van der Waals surface area contributed by atoms with Gasteiger partial charge in [0.15, 0.2) is 0 Å². The van der Waals surface area contributed by atoms with Gasteiger partial charge < -0.3 is 10.3 Å². The molecular formula is C13H17N5O2. The predicted molar refractivity (Wildman–Crippen MR) is 73.1 cm³/mol. The molecular weight excluding hydrogens is 258 g/mol. The summed E-state index contributed by atoms with van der Waals surface area (Å²) in [5.74, 6) is -0.213. The number of rotatable bonds is 4. The Balaban J connectivity index is 2.06. The van der Waals surface area contributed by atoms with E-state index in [1.54, 1.807) is 6.92 Å². The van der Waals surface area contributed by atoms with Gasteiger partial charge in [-0.2, -0.15) is 5.10 Å². The Morgan fingerprint density at radius 1 is 1.50 bits per heavy atom. The third-order valence-electron chi connectivity index (χ3n) is 3.15. The van der Waals surface area contributed by atoms with Crippen molar-refractivity contribution in [3.63, 3.8) is 0 Å². The van der Waals surface area contributed by atoms with E-state index in [2.05, 4.69) is 20.4 Å². The number of nitrogens with one attached hydrogen (secondary N) is 2. The average Bonchev–Trinajstić information content (AvgIpc) is 2.90. The molecule has 7 nitrogen and oxygen atoms in total. The summed E-state index contributed by atoms with van der Waals surface area (Å²) >= 11 is 0. The summed E-state index contributed by atoms with van der Waals surface area (Å²) in [5.41, 5.74) is 2.06. The van der Waals surface area contributed by atoms with Gasteiger partial charge in [-0.1, -0.05) is 0 Å². The highest BCUT2D eigenvalue weighted by Gasteiger charge is 2.16. The van der Waals surface area contributed by atoms with Crippen molar-refractivity contribution < 1.29 is 4.79 Å². The maximum atomic E-state index is 12.0. The fraction of sp³-hybridized carbons (Fsp3) is 0.385. The fourth-order valence-electron chi connectivity index (χ4n) is 1.96. The number of carbonyl (C=O) groups excluding carboxylic acids is 1. The zero-order valence-corrected chi connectivity index (χ0v) is 11.7. The molecule has 0 aliphatic carbocycles. The van der Waals surface area contributed by atoms with Crippen molar-refractivity contribution in [2.75, 3.05) is 0 Å². The zero-order chi connectivity index (χ0) is 14.7. The Morgan fingerprint density at radius 3 is 2.85 bits per heavy atom. The van der Waals surface area contributed by atoms with Gasteiger partial charge in [-0.3, -0.25) is 9.59 Å². The molecule has 0 aliphatic rings. The summed E-state index contributed by atoms with van der Waals surface area (Å²) in [6.45, 7) is 5.59. The number of hydrogen-bond donors (Lipinski definition) is 2. The average molecular weight is 275 g/mol. The highest BCUT2D eigenvalue weighted by atomic mass is 16.2. The molecule has 0 aliphatic heterocycles. The number of carbonyl (C=O) groups is 1. The third-order valence-corrected chi connectivity index (χ3v) is 3.15. The molecule has 2 rings (SSSR count). The maximum Gasteiger partial charge on any atom is 0.253 e. The van der Waals surface area contributed by atoms with Crippen LogP contribution < -0.4 is 10.9 Å². The van der Waals surface area contributed by atoms with E-state index in [0.29, 0.717) is 5.56 Å². The second-order valence-corrected chi connectivity index (χ2v) is 4.71. The van der Waals surface area contributed by atoms with Crippen molar-refractivity contribution in [3.8, 4) is 0 Å². The zero-order valence-electron chi connectivity index (χ0n) is 11.7. The van der Waals surface area contributed by atoms with E-state index >= 15 is 0 Å². The largest absolute Gasteiger partial charge is 0.350 e. The van der Waals surface area contributed by atoms with Gasteiger partial charge in [0.05, 0.1) is 0 Å². The molecule has 0 aromatic carbocycles. The number of amides is 1. The molecule has 20 heavy (non-hydrogen) atoms. The van der Waals surface area contributed by atoms with Crippen LogP contribution in [0.4, 0.5) is 0 Å². The van der Waals surface area contributed by atoms with Crippen LogP contribution in [0.1, 0.15) is 29.8 Å². The standard InChI is InChI=1S/C13H17N5O2/c1-8-4-9(2)17-13(20)11(8)5-15-12(19)10(3)18-7-14-6-16-18/h4,6-7,10H,5H2,1-3H3,(H,15,19)(H,17,20). The van der Waals surface area contributed by atoms with E-state index in [9.17, 15) is 9.59 Å². The Hall–Kier alpha value is -2.44. The molecule has 7 heteroatoms. The minimum absolute atomic E-state index is 0.170. The van der Waals surface area contributed by atoms with E-state index in [4.69, 9.17) is 0 Å². The van der Waals surface area contributed by atoms with Crippen LogP contribution in [0.3, 0.4) is 0 Å². The molecule has 0 saturated carbocycles. The van der Waals surface area contributed by atoms with Gasteiger partial charge in [0, 0.05) is 17.8 Å². The van der Waals surface area contributed by atoms with Crippen LogP contribution in [-0.2, 0) is 11.3 Å². The Labute approximate surface area is 116 Å². The van der Waals surface area contributed by atoms with Crippen LogP contribution in [0.2, 0.25) is 0 Å². The van der Waals surface area contributed by atoms with Crippen LogP contribution in [0.25, 0.3) is 0 Å². The molecule has 2 aromatic rings. The molecule has 0 spiro atoms. The van der Waals surface area contributed by atoms with Crippen LogP contribution >= 0.6 is 0 Å². The number of hydrogen-bond acceptors (Lipinski definition) is 4. The van der Waals surface area contributed by atoms with Crippen molar-refractivity contribution in [2.45, 2.75) is 33.4 Å². The molecule has 2 N–H and O–H groups in total. The Kier molecular flexibility index (Phi) is 3.97. The third kappa shape index (κ3) is 2.93. The van der Waals surface area contributed by atoms with Crippen molar-refractivity contribution in [3.05, 3.63) is 45.9 Å². The summed E-state index contributed by atoms with van der Waals surface area (Å²) < 4.78 is 1.46. The van der Waals surface area contributed by atoms with E-state index in [1.807, 2.05) is 19.9 Å². The van der Waals surface area contributed by atoms with Crippen LogP contribution in [-0.4, -0.2) is 25.7 Å². The first-order valence-corrected chi connectivity index (χ1v) is 6.30. The number of H-pyrrole nitrogens is 1. The van der Waals surface area contributed by atoms with Gasteiger partial charge in [-0.15, -0.1) is 0 Å². The topological polar surface area (TPSA) is 92.7 Å². The van der Waals surface area contributed by atoms with Crippen molar-refractivity contribution in [1.82, 2.24) is 25.1 Å². The van der Waals surface area contributed by atoms with E-state index in [-0.39, 0.29) is 18.0 Å². The highest BCUT2D eigenvalue weighted by Crippen LogP contribution is 2.05. The van der Waals surface area contributed by atoms with Gasteiger partial charge in [0.1, 0.15) is 18.7 Å². The van der Waals surface area contributed by atoms with Gasteiger partial charge >= 0.3 is 0 Å². The summed E-state index contributed by atoms with van der Waals surface area (Å²) in [5, 5.41) is 6.66. The lowest BCUT2D eigenvalue weighted by molar-refractivity contribution is -0.124. The number of pyridine rings is 1. The lowest BCUT2D eigenvalue weighted by atomic mass is 10.1. The van der Waals surface area contributed by atoms with Crippen LogP contribution in [0.5, 0.6) is 0 Å². The van der Waals surface area contributed by atoms with Gasteiger partial charge in [-0.05, 0) is 32.4 Å². The summed E-state index contributed by atoms with van der Waals surface area (Å²) in [7, 11) is 0. The molecule has 0 radical (unpaired) electrons. The Morgan fingerprint density at radius 2 is 2.25 bits per heavy atom. The first-order chi connectivity index (χ1) is 9.49. The number of aryl methyl sites for hydroxylation is 2. The molecule has 1 atom stereocenters.